The lowest BCUT2D eigenvalue weighted by molar-refractivity contribution is -0.182. The van der Waals surface area contributed by atoms with E-state index in [9.17, 15) is 19.6 Å². The molecule has 200 valence electrons. The number of carbonyl (C=O) groups excluding carboxylic acids is 3. The van der Waals surface area contributed by atoms with Gasteiger partial charge in [-0.05, 0) is 79.1 Å². The summed E-state index contributed by atoms with van der Waals surface area (Å²) in [7, 11) is 1.50. The minimum atomic E-state index is -0.693. The van der Waals surface area contributed by atoms with E-state index in [4.69, 9.17) is 4.74 Å². The number of allylic oxidation sites excluding steroid dienone is 4. The molecule has 0 aliphatic heterocycles. The Bertz CT molecular complexity index is 1190. The number of ketones is 2. The molecule has 5 nitrogen and oxygen atoms in total. The van der Waals surface area contributed by atoms with E-state index >= 15 is 0 Å². The van der Waals surface area contributed by atoms with Crippen molar-refractivity contribution in [3.05, 3.63) is 23.3 Å². The molecule has 0 aromatic rings. The van der Waals surface area contributed by atoms with Crippen LogP contribution in [-0.4, -0.2) is 24.6 Å². The zero-order valence-electron chi connectivity index (χ0n) is 23.9. The Balaban J connectivity index is 1.72. The Labute approximate surface area is 222 Å². The van der Waals surface area contributed by atoms with E-state index in [0.717, 1.165) is 44.1 Å². The normalized spacial score (nSPS) is 48.2. The van der Waals surface area contributed by atoms with Crippen LogP contribution in [0.1, 0.15) is 87.0 Å². The second-order valence-corrected chi connectivity index (χ2v) is 14.4. The van der Waals surface area contributed by atoms with Gasteiger partial charge in [-0.3, -0.25) is 14.4 Å². The quantitative estimate of drug-likeness (QED) is 0.394. The number of Topliss-reactive ketones (excluding diaryl/α,β-unsaturated/α-hetero) is 1. The maximum absolute atomic E-state index is 14.4. The molecule has 0 N–H and O–H groups in total. The third-order valence-corrected chi connectivity index (χ3v) is 12.8. The smallest absolute Gasteiger partial charge is 0.312 e. The molecule has 5 aliphatic carbocycles. The average Bonchev–Trinajstić information content (AvgIpc) is 2.84. The van der Waals surface area contributed by atoms with Crippen LogP contribution in [0.3, 0.4) is 0 Å². The molecular formula is C32H43NO4. The number of hydrogen-bond donors (Lipinski definition) is 0. The van der Waals surface area contributed by atoms with E-state index in [0.29, 0.717) is 5.92 Å². The van der Waals surface area contributed by atoms with Gasteiger partial charge >= 0.3 is 5.97 Å². The highest BCUT2D eigenvalue weighted by Gasteiger charge is 2.71. The maximum atomic E-state index is 14.4. The summed E-state index contributed by atoms with van der Waals surface area (Å²) in [5, 5.41) is 9.87. The second-order valence-electron chi connectivity index (χ2n) is 14.4. The van der Waals surface area contributed by atoms with Crippen LogP contribution in [0.25, 0.3) is 0 Å². The zero-order valence-corrected chi connectivity index (χ0v) is 23.9. The van der Waals surface area contributed by atoms with Gasteiger partial charge in [-0.1, -0.05) is 60.1 Å². The summed E-state index contributed by atoms with van der Waals surface area (Å²) < 4.78 is 5.43. The number of carbonyl (C=O) groups is 3. The van der Waals surface area contributed by atoms with Gasteiger partial charge in [0.05, 0.1) is 18.1 Å². The van der Waals surface area contributed by atoms with Crippen molar-refractivity contribution in [2.45, 2.75) is 87.0 Å². The van der Waals surface area contributed by atoms with Gasteiger partial charge < -0.3 is 4.74 Å². The van der Waals surface area contributed by atoms with Crippen molar-refractivity contribution in [3.8, 4) is 6.07 Å². The summed E-state index contributed by atoms with van der Waals surface area (Å²) in [6, 6.07) is 2.16. The van der Waals surface area contributed by atoms with Crippen LogP contribution in [-0.2, 0) is 19.1 Å². The molecule has 5 rings (SSSR count). The van der Waals surface area contributed by atoms with Crippen LogP contribution < -0.4 is 0 Å². The standard InChI is InChI=1S/C32H43NO4/c1-18-9-12-32(27(36)37-8)14-13-30(6)21(24(32)19(18)2)15-22(34)25-29(5)16-20(17-33)26(35)28(3,4)23(29)10-11-31(25,30)7/h15-16,18-19,23-25H,9-14H2,1-8H3/t18-,19+,23+,24+,25-,29+,30-,31-,32+/m1/s1. The third-order valence-electron chi connectivity index (χ3n) is 12.8. The molecule has 0 unspecified atom stereocenters. The first-order valence-corrected chi connectivity index (χ1v) is 14.2. The second kappa shape index (κ2) is 7.90. The highest BCUT2D eigenvalue weighted by atomic mass is 16.5. The van der Waals surface area contributed by atoms with E-state index in [1.165, 1.54) is 7.11 Å². The Hall–Kier alpha value is -2.22. The number of methoxy groups -OCH3 is 1. The molecule has 0 radical (unpaired) electrons. The molecule has 5 aliphatic rings. The van der Waals surface area contributed by atoms with E-state index < -0.39 is 16.2 Å². The summed E-state index contributed by atoms with van der Waals surface area (Å²) in [4.78, 5) is 41.0. The monoisotopic (exact) mass is 505 g/mol. The Morgan fingerprint density at radius 1 is 1.03 bits per heavy atom. The van der Waals surface area contributed by atoms with E-state index in [1.54, 1.807) is 0 Å². The first-order chi connectivity index (χ1) is 17.2. The van der Waals surface area contributed by atoms with Crippen molar-refractivity contribution in [2.75, 3.05) is 7.11 Å². The lowest BCUT2D eigenvalue weighted by atomic mass is 9.33. The molecule has 0 aromatic carbocycles. The van der Waals surface area contributed by atoms with Crippen molar-refractivity contribution in [2.24, 2.45) is 56.7 Å². The van der Waals surface area contributed by atoms with Gasteiger partial charge in [-0.2, -0.15) is 5.26 Å². The Morgan fingerprint density at radius 2 is 1.70 bits per heavy atom. The summed E-state index contributed by atoms with van der Waals surface area (Å²) >= 11 is 0. The molecule has 5 heteroatoms. The molecule has 0 bridgehead atoms. The molecule has 3 saturated carbocycles. The van der Waals surface area contributed by atoms with Crippen LogP contribution in [0.2, 0.25) is 0 Å². The highest BCUT2D eigenvalue weighted by Crippen LogP contribution is 2.74. The van der Waals surface area contributed by atoms with Crippen LogP contribution >= 0.6 is 0 Å². The molecule has 0 spiro atoms. The van der Waals surface area contributed by atoms with E-state index in [-0.39, 0.29) is 57.6 Å². The van der Waals surface area contributed by atoms with Crippen molar-refractivity contribution in [1.82, 2.24) is 0 Å². The summed E-state index contributed by atoms with van der Waals surface area (Å²) in [5.41, 5.74) is -1.08. The first kappa shape index (κ1) is 26.4. The van der Waals surface area contributed by atoms with Crippen LogP contribution in [0, 0.1) is 68.0 Å². The van der Waals surface area contributed by atoms with Crippen molar-refractivity contribution < 1.29 is 19.1 Å². The van der Waals surface area contributed by atoms with Crippen LogP contribution in [0.5, 0.6) is 0 Å². The number of fused-ring (bicyclic) bond motifs is 7. The third kappa shape index (κ3) is 2.99. The van der Waals surface area contributed by atoms with Gasteiger partial charge in [0.25, 0.3) is 0 Å². The van der Waals surface area contributed by atoms with Crippen LogP contribution in [0.15, 0.2) is 23.3 Å². The number of ether oxygens (including phenoxy) is 1. The van der Waals surface area contributed by atoms with Gasteiger partial charge in [-0.25, -0.2) is 0 Å². The molecule has 0 heterocycles. The lowest BCUT2D eigenvalue weighted by Crippen LogP contribution is -2.66. The number of rotatable bonds is 1. The molecular weight excluding hydrogens is 462 g/mol. The predicted octanol–water partition coefficient (Wildman–Crippen LogP) is 6.23. The fraction of sp³-hybridized carbons (Fsp3) is 0.750. The maximum Gasteiger partial charge on any atom is 0.312 e. The molecule has 0 aromatic heterocycles. The van der Waals surface area contributed by atoms with Crippen molar-refractivity contribution in [1.29, 1.82) is 5.26 Å². The predicted molar refractivity (Wildman–Crippen MR) is 141 cm³/mol. The topological polar surface area (TPSA) is 84.2 Å². The first-order valence-electron chi connectivity index (χ1n) is 14.2. The fourth-order valence-electron chi connectivity index (χ4n) is 10.5. The molecule has 0 saturated heterocycles. The van der Waals surface area contributed by atoms with Gasteiger partial charge in [-0.15, -0.1) is 0 Å². The van der Waals surface area contributed by atoms with Crippen molar-refractivity contribution in [3.63, 3.8) is 0 Å². The molecule has 37 heavy (non-hydrogen) atoms. The van der Waals surface area contributed by atoms with Gasteiger partial charge in [0.1, 0.15) is 6.07 Å². The van der Waals surface area contributed by atoms with Gasteiger partial charge in [0.2, 0.25) is 0 Å². The summed E-state index contributed by atoms with van der Waals surface area (Å²) in [5.74, 6) is 0.292. The SMILES string of the molecule is COC(=O)[C@]12CC[C@@H](C)[C@H](C)[C@H]1C1=CC(=O)[C@@H]3[C@@]4(C)C=C(C#N)C(=O)C(C)(C)[C@@H]4CC[C@@]3(C)[C@]1(C)CC2. The largest absolute Gasteiger partial charge is 0.469 e. The van der Waals surface area contributed by atoms with Gasteiger partial charge in [0, 0.05) is 16.7 Å². The van der Waals surface area contributed by atoms with Crippen LogP contribution in [0.4, 0.5) is 0 Å². The Morgan fingerprint density at radius 3 is 2.32 bits per heavy atom. The number of nitriles is 1. The Kier molecular flexibility index (Phi) is 5.64. The fourth-order valence-corrected chi connectivity index (χ4v) is 10.5. The molecule has 3 fully saturated rings. The lowest BCUT2D eigenvalue weighted by Gasteiger charge is -2.69. The zero-order chi connectivity index (χ0) is 27.3. The summed E-state index contributed by atoms with van der Waals surface area (Å²) in [6.07, 6.45) is 8.88. The number of esters is 1. The number of nitrogens with zero attached hydrogens (tertiary/aromatic N) is 1. The highest BCUT2D eigenvalue weighted by molar-refractivity contribution is 6.05. The van der Waals surface area contributed by atoms with E-state index in [1.807, 2.05) is 26.0 Å². The van der Waals surface area contributed by atoms with Crippen molar-refractivity contribution >= 4 is 17.5 Å². The van der Waals surface area contributed by atoms with Gasteiger partial charge in [0.15, 0.2) is 11.6 Å². The summed E-state index contributed by atoms with van der Waals surface area (Å²) in [6.45, 7) is 15.2. The average molecular weight is 506 g/mol. The molecule has 0 amide bonds. The number of hydrogen-bond acceptors (Lipinski definition) is 5. The molecule has 9 atom stereocenters. The van der Waals surface area contributed by atoms with E-state index in [2.05, 4.69) is 40.7 Å². The minimum absolute atomic E-state index is 0.00319. The minimum Gasteiger partial charge on any atom is -0.469 e.